The van der Waals surface area contributed by atoms with Crippen LogP contribution < -0.4 is 0 Å². The smallest absolute Gasteiger partial charge is 0.394 e. The number of hydrogen-bond donors (Lipinski definition) is 5. The summed E-state index contributed by atoms with van der Waals surface area (Å²) in [7, 11) is 1.74. The van der Waals surface area contributed by atoms with Gasteiger partial charge in [-0.3, -0.25) is 0 Å². The van der Waals surface area contributed by atoms with E-state index < -0.39 is 54.8 Å². The average molecular weight is 735 g/mol. The third kappa shape index (κ3) is 59.8. The normalized spacial score (nSPS) is 14.3. The van der Waals surface area contributed by atoms with Gasteiger partial charge in [0.25, 0.3) is 0 Å². The van der Waals surface area contributed by atoms with Gasteiger partial charge in [-0.1, -0.05) is 83.1 Å². The van der Waals surface area contributed by atoms with Crippen molar-refractivity contribution in [2.45, 2.75) is 167 Å². The number of halogens is 6. The maximum absolute atomic E-state index is 11.8. The van der Waals surface area contributed by atoms with Crippen LogP contribution in [0.2, 0.25) is 0 Å². The quantitative estimate of drug-likeness (QED) is 0.121. The fourth-order valence-corrected chi connectivity index (χ4v) is 4.10. The highest BCUT2D eigenvalue weighted by molar-refractivity contribution is 4.70. The molecule has 0 saturated heterocycles. The predicted octanol–water partition coefficient (Wildman–Crippen LogP) is 9.94. The van der Waals surface area contributed by atoms with E-state index >= 15 is 0 Å². The van der Waals surface area contributed by atoms with E-state index in [1.165, 1.54) is 34.1 Å². The zero-order valence-corrected chi connectivity index (χ0v) is 34.1. The largest absolute Gasteiger partial charge is 0.396 e. The molecule has 0 spiro atoms. The van der Waals surface area contributed by atoms with E-state index in [4.69, 9.17) is 25.2 Å². The van der Waals surface area contributed by atoms with Crippen LogP contribution in [0.25, 0.3) is 0 Å². The number of aliphatic hydroxyl groups excluding tert-OH is 4. The molecule has 0 radical (unpaired) electrons. The number of alkyl halides is 6. The van der Waals surface area contributed by atoms with Crippen molar-refractivity contribution in [1.29, 1.82) is 0 Å². The molecule has 0 aliphatic heterocycles. The maximum atomic E-state index is 11.8. The van der Waals surface area contributed by atoms with Gasteiger partial charge in [0.1, 0.15) is 0 Å². The Labute approximate surface area is 297 Å². The molecule has 0 aromatic rings. The first kappa shape index (κ1) is 60.4. The van der Waals surface area contributed by atoms with Gasteiger partial charge < -0.3 is 30.3 Å². The van der Waals surface area contributed by atoms with Crippen LogP contribution in [-0.4, -0.2) is 82.6 Å². The fourth-order valence-electron chi connectivity index (χ4n) is 4.10. The molecule has 0 bridgehead atoms. The van der Waals surface area contributed by atoms with Gasteiger partial charge in [0.2, 0.25) is 0 Å². The Morgan fingerprint density at radius 2 is 0.816 bits per heavy atom. The van der Waals surface area contributed by atoms with Crippen LogP contribution in [0.5, 0.6) is 0 Å². The second-order valence-corrected chi connectivity index (χ2v) is 15.7. The minimum absolute atomic E-state index is 0.125. The summed E-state index contributed by atoms with van der Waals surface area (Å²) in [5, 5.41) is 43.3. The topological polar surface area (TPSA) is 110 Å². The minimum atomic E-state index is -4.26. The van der Waals surface area contributed by atoms with Gasteiger partial charge in [0, 0.05) is 13.7 Å². The SMILES string of the molecule is CC(C)CC(C)(C)O.CC(C)C[C@@H](C)O.CC(C)C[C@H](C)O.CC(C)[C@@H](CO)C(F)(F)F.CC(C)[C@H](CO)C(F)(F)F.COCCC(C)C. The summed E-state index contributed by atoms with van der Waals surface area (Å²) in [5.41, 5.74) is -0.478. The standard InChI is InChI=1S/C7H16O.2C6H11F3O.3C6H14O/c1-6(2)5-7(3,4)8;2*1-4(2)5(3-10)6(7,8)9;1-6(2)4-5-7-3;2*1-5(2)4-6(3)7/h6,8H,5H2,1-4H3;2*4-5,10H,3H2,1-2H3;6H,4-5H2,1-3H3;2*5-7H,4H2,1-3H3/t;2*5-;;2*6-/m.10.10/s1. The lowest BCUT2D eigenvalue weighted by atomic mass is 9.96. The van der Waals surface area contributed by atoms with Gasteiger partial charge in [-0.25, -0.2) is 0 Å². The van der Waals surface area contributed by atoms with Gasteiger partial charge in [-0.2, -0.15) is 26.3 Å². The van der Waals surface area contributed by atoms with Gasteiger partial charge >= 0.3 is 12.4 Å². The first-order chi connectivity index (χ1) is 21.7. The van der Waals surface area contributed by atoms with Crippen molar-refractivity contribution in [3.63, 3.8) is 0 Å². The Kier molecular flexibility index (Phi) is 40.9. The van der Waals surface area contributed by atoms with Crippen LogP contribution in [0.15, 0.2) is 0 Å². The highest BCUT2D eigenvalue weighted by atomic mass is 19.4. The summed E-state index contributed by atoms with van der Waals surface area (Å²) < 4.78 is 75.7. The molecule has 49 heavy (non-hydrogen) atoms. The molecule has 306 valence electrons. The molecular formula is C37H80F6O6. The van der Waals surface area contributed by atoms with E-state index in [1.807, 2.05) is 27.7 Å². The van der Waals surface area contributed by atoms with Crippen LogP contribution >= 0.6 is 0 Å². The van der Waals surface area contributed by atoms with Crippen molar-refractivity contribution in [3.05, 3.63) is 0 Å². The molecule has 4 atom stereocenters. The Bertz CT molecular complexity index is 605. The molecule has 0 aliphatic rings. The lowest BCUT2D eigenvalue weighted by molar-refractivity contribution is -0.196. The minimum Gasteiger partial charge on any atom is -0.396 e. The van der Waals surface area contributed by atoms with E-state index in [9.17, 15) is 31.4 Å². The van der Waals surface area contributed by atoms with Crippen molar-refractivity contribution in [1.82, 2.24) is 0 Å². The molecule has 0 aromatic carbocycles. The van der Waals surface area contributed by atoms with Crippen LogP contribution in [0.1, 0.15) is 136 Å². The van der Waals surface area contributed by atoms with E-state index in [0.29, 0.717) is 17.8 Å². The molecule has 0 heterocycles. The van der Waals surface area contributed by atoms with Gasteiger partial charge in [-0.05, 0) is 88.9 Å². The molecule has 12 heteroatoms. The number of rotatable bonds is 13. The second kappa shape index (κ2) is 33.2. The molecule has 0 unspecified atom stereocenters. The van der Waals surface area contributed by atoms with Crippen molar-refractivity contribution < 1.29 is 56.6 Å². The zero-order chi connectivity index (χ0) is 40.9. The summed E-state index contributed by atoms with van der Waals surface area (Å²) in [6.07, 6.45) is -4.88. The highest BCUT2D eigenvalue weighted by Gasteiger charge is 2.41. The van der Waals surface area contributed by atoms with Gasteiger partial charge in [0.15, 0.2) is 0 Å². The number of methoxy groups -OCH3 is 1. The Morgan fingerprint density at radius 1 is 0.531 bits per heavy atom. The van der Waals surface area contributed by atoms with Crippen LogP contribution in [0, 0.1) is 47.3 Å². The predicted molar refractivity (Wildman–Crippen MR) is 192 cm³/mol. The first-order valence-corrected chi connectivity index (χ1v) is 17.6. The van der Waals surface area contributed by atoms with E-state index in [2.05, 4.69) is 55.4 Å². The third-order valence-corrected chi connectivity index (χ3v) is 6.28. The van der Waals surface area contributed by atoms with Crippen molar-refractivity contribution in [2.75, 3.05) is 26.9 Å². The molecule has 5 N–H and O–H groups in total. The number of ether oxygens (including phenoxy) is 1. The van der Waals surface area contributed by atoms with E-state index in [1.54, 1.807) is 7.11 Å². The molecule has 0 saturated carbocycles. The second-order valence-electron chi connectivity index (χ2n) is 15.7. The van der Waals surface area contributed by atoms with Crippen molar-refractivity contribution in [2.24, 2.45) is 47.3 Å². The van der Waals surface area contributed by atoms with Crippen LogP contribution in [-0.2, 0) is 4.74 Å². The Morgan fingerprint density at radius 3 is 0.837 bits per heavy atom. The van der Waals surface area contributed by atoms with Crippen LogP contribution in [0.3, 0.4) is 0 Å². The first-order valence-electron chi connectivity index (χ1n) is 17.6. The maximum Gasteiger partial charge on any atom is 0.394 e. The lowest BCUT2D eigenvalue weighted by Gasteiger charge is -2.20. The molecular weight excluding hydrogens is 654 g/mol. The summed E-state index contributed by atoms with van der Waals surface area (Å²) in [5.74, 6) is -1.63. The van der Waals surface area contributed by atoms with Gasteiger partial charge in [0.05, 0.1) is 42.9 Å². The monoisotopic (exact) mass is 735 g/mol. The molecule has 0 aliphatic carbocycles. The molecule has 6 nitrogen and oxygen atoms in total. The summed E-state index contributed by atoms with van der Waals surface area (Å²) in [4.78, 5) is 0. The van der Waals surface area contributed by atoms with Crippen molar-refractivity contribution >= 4 is 0 Å². The summed E-state index contributed by atoms with van der Waals surface area (Å²) in [6.45, 7) is 29.4. The van der Waals surface area contributed by atoms with Crippen LogP contribution in [0.4, 0.5) is 26.3 Å². The average Bonchev–Trinajstić information content (AvgIpc) is 2.79. The Hall–Kier alpha value is -0.660. The zero-order valence-electron chi connectivity index (χ0n) is 34.1. The summed E-state index contributed by atoms with van der Waals surface area (Å²) >= 11 is 0. The lowest BCUT2D eigenvalue weighted by Crippen LogP contribution is -2.30. The molecule has 0 amide bonds. The third-order valence-electron chi connectivity index (χ3n) is 6.28. The Balaban J connectivity index is -0.000000114. The van der Waals surface area contributed by atoms with E-state index in [0.717, 1.165) is 31.8 Å². The van der Waals surface area contributed by atoms with E-state index in [-0.39, 0.29) is 12.2 Å². The highest BCUT2D eigenvalue weighted by Crippen LogP contribution is 2.32. The number of aliphatic hydroxyl groups is 5. The van der Waals surface area contributed by atoms with Crippen molar-refractivity contribution in [3.8, 4) is 0 Å². The summed E-state index contributed by atoms with van der Waals surface area (Å²) in [6, 6.07) is 0. The molecule has 0 rings (SSSR count). The fraction of sp³-hybridized carbons (Fsp3) is 1.00. The number of hydrogen-bond acceptors (Lipinski definition) is 6. The molecule has 0 aromatic heterocycles. The van der Waals surface area contributed by atoms with Gasteiger partial charge in [-0.15, -0.1) is 0 Å². The molecule has 0 fully saturated rings.